The van der Waals surface area contributed by atoms with E-state index in [1.807, 2.05) is 42.3 Å². The molecule has 1 unspecified atom stereocenters. The van der Waals surface area contributed by atoms with Crippen molar-refractivity contribution in [3.8, 4) is 0 Å². The van der Waals surface area contributed by atoms with Gasteiger partial charge in [-0.1, -0.05) is 18.2 Å². The van der Waals surface area contributed by atoms with E-state index in [1.54, 1.807) is 0 Å². The van der Waals surface area contributed by atoms with Crippen LogP contribution in [0.2, 0.25) is 0 Å². The first-order valence-corrected chi connectivity index (χ1v) is 6.78. The molecule has 0 spiro atoms. The molecule has 1 amide bonds. The van der Waals surface area contributed by atoms with Crippen LogP contribution in [0.1, 0.15) is 29.6 Å². The van der Waals surface area contributed by atoms with Crippen molar-refractivity contribution in [1.82, 2.24) is 10.2 Å². The van der Waals surface area contributed by atoms with Crippen molar-refractivity contribution in [2.45, 2.75) is 19.3 Å². The topological polar surface area (TPSA) is 32.3 Å². The maximum atomic E-state index is 12.1. The number of piperidine rings is 1. The Kier molecular flexibility index (Phi) is 4.76. The van der Waals surface area contributed by atoms with E-state index < -0.39 is 0 Å². The molecule has 1 aliphatic rings. The minimum Gasteiger partial charge on any atom is -0.342 e. The number of amides is 1. The fourth-order valence-electron chi connectivity index (χ4n) is 2.45. The predicted octanol–water partition coefficient (Wildman–Crippen LogP) is 2.15. The average Bonchev–Trinajstić information content (AvgIpc) is 2.46. The van der Waals surface area contributed by atoms with Gasteiger partial charge in [0, 0.05) is 19.2 Å². The number of carbonyl (C=O) groups excluding carboxylic acids is 1. The van der Waals surface area contributed by atoms with Gasteiger partial charge in [0.25, 0.3) is 5.91 Å². The first kappa shape index (κ1) is 13.1. The maximum Gasteiger partial charge on any atom is 0.253 e. The van der Waals surface area contributed by atoms with E-state index in [1.165, 1.54) is 12.8 Å². The molecule has 1 saturated heterocycles. The molecule has 2 rings (SSSR count). The summed E-state index contributed by atoms with van der Waals surface area (Å²) in [4.78, 5) is 14.0. The van der Waals surface area contributed by atoms with Gasteiger partial charge in [-0.15, -0.1) is 0 Å². The van der Waals surface area contributed by atoms with Gasteiger partial charge in [-0.3, -0.25) is 4.79 Å². The highest BCUT2D eigenvalue weighted by molar-refractivity contribution is 5.93. The summed E-state index contributed by atoms with van der Waals surface area (Å²) in [6.45, 7) is 3.10. The van der Waals surface area contributed by atoms with Crippen molar-refractivity contribution >= 4 is 5.91 Å². The Morgan fingerprint density at radius 2 is 2.17 bits per heavy atom. The third-order valence-electron chi connectivity index (χ3n) is 3.64. The molecule has 98 valence electrons. The first-order valence-electron chi connectivity index (χ1n) is 6.78. The van der Waals surface area contributed by atoms with Crippen molar-refractivity contribution in [3.05, 3.63) is 35.9 Å². The molecule has 18 heavy (non-hydrogen) atoms. The minimum atomic E-state index is 0.124. The molecule has 1 fully saturated rings. The Bertz CT molecular complexity index is 371. The summed E-state index contributed by atoms with van der Waals surface area (Å²) in [5.41, 5.74) is 0.779. The molecular weight excluding hydrogens is 224 g/mol. The number of hydrogen-bond donors (Lipinski definition) is 1. The zero-order chi connectivity index (χ0) is 12.8. The molecule has 0 saturated carbocycles. The van der Waals surface area contributed by atoms with Gasteiger partial charge < -0.3 is 10.2 Å². The van der Waals surface area contributed by atoms with Crippen molar-refractivity contribution in [3.63, 3.8) is 0 Å². The van der Waals surface area contributed by atoms with Crippen LogP contribution in [0.3, 0.4) is 0 Å². The highest BCUT2D eigenvalue weighted by Gasteiger charge is 2.16. The van der Waals surface area contributed by atoms with E-state index in [2.05, 4.69) is 5.32 Å². The first-order chi connectivity index (χ1) is 8.77. The van der Waals surface area contributed by atoms with Gasteiger partial charge in [0.15, 0.2) is 0 Å². The monoisotopic (exact) mass is 246 g/mol. The molecule has 0 aliphatic carbocycles. The maximum absolute atomic E-state index is 12.1. The molecule has 1 N–H and O–H groups in total. The van der Waals surface area contributed by atoms with Crippen LogP contribution < -0.4 is 5.32 Å². The van der Waals surface area contributed by atoms with Crippen LogP contribution in [0.15, 0.2) is 30.3 Å². The van der Waals surface area contributed by atoms with Crippen LogP contribution in [0.5, 0.6) is 0 Å². The fourth-order valence-corrected chi connectivity index (χ4v) is 2.45. The molecule has 1 aromatic rings. The molecule has 0 radical (unpaired) electrons. The fraction of sp³-hybridized carbons (Fsp3) is 0.533. The van der Waals surface area contributed by atoms with Gasteiger partial charge in [-0.05, 0) is 50.4 Å². The Morgan fingerprint density at radius 3 is 2.83 bits per heavy atom. The summed E-state index contributed by atoms with van der Waals surface area (Å²) in [6.07, 6.45) is 3.66. The average molecular weight is 246 g/mol. The zero-order valence-electron chi connectivity index (χ0n) is 11.1. The van der Waals surface area contributed by atoms with Crippen LogP contribution in [-0.4, -0.2) is 37.5 Å². The highest BCUT2D eigenvalue weighted by Crippen LogP contribution is 2.14. The lowest BCUT2D eigenvalue weighted by Crippen LogP contribution is -2.34. The molecule has 0 bridgehead atoms. The molecule has 3 heteroatoms. The summed E-state index contributed by atoms with van der Waals surface area (Å²) in [5.74, 6) is 0.851. The summed E-state index contributed by atoms with van der Waals surface area (Å²) in [5, 5.41) is 3.42. The third-order valence-corrected chi connectivity index (χ3v) is 3.64. The lowest BCUT2D eigenvalue weighted by atomic mass is 9.96. The second-order valence-corrected chi connectivity index (χ2v) is 5.09. The Balaban J connectivity index is 1.80. The summed E-state index contributed by atoms with van der Waals surface area (Å²) in [6, 6.07) is 9.50. The van der Waals surface area contributed by atoms with Crippen molar-refractivity contribution in [2.24, 2.45) is 5.92 Å². The highest BCUT2D eigenvalue weighted by atomic mass is 16.2. The Morgan fingerprint density at radius 1 is 1.39 bits per heavy atom. The van der Waals surface area contributed by atoms with Gasteiger partial charge in [-0.25, -0.2) is 0 Å². The Labute approximate surface area is 109 Å². The summed E-state index contributed by atoms with van der Waals surface area (Å²) < 4.78 is 0. The van der Waals surface area contributed by atoms with Crippen LogP contribution >= 0.6 is 0 Å². The van der Waals surface area contributed by atoms with Crippen LogP contribution in [0, 0.1) is 5.92 Å². The van der Waals surface area contributed by atoms with E-state index >= 15 is 0 Å². The molecule has 0 aromatic heterocycles. The number of carbonyl (C=O) groups is 1. The number of rotatable bonds is 4. The van der Waals surface area contributed by atoms with Crippen molar-refractivity contribution < 1.29 is 4.79 Å². The van der Waals surface area contributed by atoms with E-state index in [0.29, 0.717) is 0 Å². The van der Waals surface area contributed by atoms with Gasteiger partial charge >= 0.3 is 0 Å². The van der Waals surface area contributed by atoms with E-state index in [9.17, 15) is 4.79 Å². The van der Waals surface area contributed by atoms with Gasteiger partial charge in [0.1, 0.15) is 0 Å². The molecule has 1 aromatic carbocycles. The van der Waals surface area contributed by atoms with Crippen LogP contribution in [0.4, 0.5) is 0 Å². The van der Waals surface area contributed by atoms with Crippen molar-refractivity contribution in [2.75, 3.05) is 26.7 Å². The second-order valence-electron chi connectivity index (χ2n) is 5.09. The van der Waals surface area contributed by atoms with Crippen LogP contribution in [-0.2, 0) is 0 Å². The number of nitrogens with zero attached hydrogens (tertiary/aromatic N) is 1. The third kappa shape index (κ3) is 3.57. The molecule has 3 nitrogen and oxygen atoms in total. The van der Waals surface area contributed by atoms with Crippen molar-refractivity contribution in [1.29, 1.82) is 0 Å². The number of hydrogen-bond acceptors (Lipinski definition) is 2. The summed E-state index contributed by atoms with van der Waals surface area (Å²) in [7, 11) is 1.89. The number of benzene rings is 1. The van der Waals surface area contributed by atoms with Gasteiger partial charge in [0.05, 0.1) is 0 Å². The largest absolute Gasteiger partial charge is 0.342 e. The quantitative estimate of drug-likeness (QED) is 0.883. The van der Waals surface area contributed by atoms with Gasteiger partial charge in [-0.2, -0.15) is 0 Å². The van der Waals surface area contributed by atoms with Gasteiger partial charge in [0.2, 0.25) is 0 Å². The molecular formula is C15H22N2O. The van der Waals surface area contributed by atoms with E-state index in [4.69, 9.17) is 0 Å². The second kappa shape index (κ2) is 6.55. The molecule has 1 heterocycles. The standard InChI is InChI=1S/C15H22N2O/c1-17(11-9-13-6-5-10-16-12-13)15(18)14-7-3-2-4-8-14/h2-4,7-8,13,16H,5-6,9-12H2,1H3. The SMILES string of the molecule is CN(CCC1CCCNC1)C(=O)c1ccccc1. The van der Waals surface area contributed by atoms with E-state index in [0.717, 1.165) is 37.5 Å². The van der Waals surface area contributed by atoms with E-state index in [-0.39, 0.29) is 5.91 Å². The normalized spacial score (nSPS) is 19.5. The summed E-state index contributed by atoms with van der Waals surface area (Å²) >= 11 is 0. The molecule has 1 aliphatic heterocycles. The lowest BCUT2D eigenvalue weighted by molar-refractivity contribution is 0.0785. The zero-order valence-corrected chi connectivity index (χ0v) is 11.1. The minimum absolute atomic E-state index is 0.124. The van der Waals surface area contributed by atoms with Crippen LogP contribution in [0.25, 0.3) is 0 Å². The smallest absolute Gasteiger partial charge is 0.253 e. The Hall–Kier alpha value is -1.35. The molecule has 1 atom stereocenters. The lowest BCUT2D eigenvalue weighted by Gasteiger charge is -2.25. The predicted molar refractivity (Wildman–Crippen MR) is 73.6 cm³/mol. The number of nitrogens with one attached hydrogen (secondary N) is 1.